The van der Waals surface area contributed by atoms with Crippen LogP contribution in [0.25, 0.3) is 10.2 Å². The van der Waals surface area contributed by atoms with Gasteiger partial charge in [0, 0.05) is 12.5 Å². The van der Waals surface area contributed by atoms with Gasteiger partial charge in [-0.2, -0.15) is 0 Å². The third-order valence-corrected chi connectivity index (χ3v) is 6.38. The predicted octanol–water partition coefficient (Wildman–Crippen LogP) is 4.40. The van der Waals surface area contributed by atoms with Gasteiger partial charge in [-0.25, -0.2) is 5.84 Å². The highest BCUT2D eigenvalue weighted by molar-refractivity contribution is 7.16. The molecule has 3 aromatic rings. The standard InChI is InChI=1S/C23H29N3O3S.ClH/c1-2-3-9-18(22(28)26(24)15-14-16-7-5-4-6-8-16)11-10-17-12-13-19(27)20-21(17)30-23(29)25-20;/h4-8,12-13,18,27H,2-3,9-11,14-15,24H2,1H3,(H,25,29);1H. The van der Waals surface area contributed by atoms with Crippen molar-refractivity contribution in [3.63, 3.8) is 0 Å². The molecule has 168 valence electrons. The molecule has 0 saturated heterocycles. The molecule has 0 fully saturated rings. The SMILES string of the molecule is CCCCC(CCc1ccc(O)c2[nH]c(=O)sc12)C(=O)N(N)CCc1ccccc1.Cl. The number of H-pyrrole nitrogens is 1. The average molecular weight is 464 g/mol. The number of benzene rings is 2. The Kier molecular flexibility index (Phi) is 9.55. The second kappa shape index (κ2) is 11.9. The third-order valence-electron chi connectivity index (χ3n) is 5.42. The van der Waals surface area contributed by atoms with Gasteiger partial charge in [0.2, 0.25) is 5.91 Å². The minimum absolute atomic E-state index is 0. The highest BCUT2D eigenvalue weighted by Crippen LogP contribution is 2.29. The zero-order valence-corrected chi connectivity index (χ0v) is 19.3. The van der Waals surface area contributed by atoms with Crippen LogP contribution in [0.1, 0.15) is 43.7 Å². The molecular formula is C23H30ClN3O3S. The van der Waals surface area contributed by atoms with Crippen LogP contribution in [0.3, 0.4) is 0 Å². The molecule has 3 rings (SSSR count). The summed E-state index contributed by atoms with van der Waals surface area (Å²) < 4.78 is 0.760. The van der Waals surface area contributed by atoms with Gasteiger partial charge >= 0.3 is 4.87 Å². The Morgan fingerprint density at radius 1 is 1.16 bits per heavy atom. The summed E-state index contributed by atoms with van der Waals surface area (Å²) in [7, 11) is 0. The summed E-state index contributed by atoms with van der Waals surface area (Å²) in [6, 6.07) is 13.4. The maximum absolute atomic E-state index is 13.0. The number of aryl methyl sites for hydroxylation is 1. The van der Waals surface area contributed by atoms with E-state index in [0.29, 0.717) is 24.9 Å². The first kappa shape index (κ1) is 24.9. The summed E-state index contributed by atoms with van der Waals surface area (Å²) in [5, 5.41) is 11.3. The number of aromatic nitrogens is 1. The van der Waals surface area contributed by atoms with Gasteiger partial charge in [-0.3, -0.25) is 14.6 Å². The number of phenolic OH excluding ortho intramolecular Hbond substituents is 1. The Labute approximate surface area is 192 Å². The van der Waals surface area contributed by atoms with E-state index in [4.69, 9.17) is 5.84 Å². The zero-order valence-electron chi connectivity index (χ0n) is 17.7. The van der Waals surface area contributed by atoms with Crippen LogP contribution in [0.4, 0.5) is 0 Å². The maximum atomic E-state index is 13.0. The number of carbonyl (C=O) groups is 1. The van der Waals surface area contributed by atoms with Crippen LogP contribution in [0.2, 0.25) is 0 Å². The van der Waals surface area contributed by atoms with Gasteiger partial charge in [0.05, 0.1) is 4.70 Å². The fraction of sp³-hybridized carbons (Fsp3) is 0.391. The number of unbranched alkanes of at least 4 members (excludes halogenated alkanes) is 1. The van der Waals surface area contributed by atoms with E-state index >= 15 is 0 Å². The fourth-order valence-corrected chi connectivity index (χ4v) is 4.58. The molecule has 0 bridgehead atoms. The monoisotopic (exact) mass is 463 g/mol. The van der Waals surface area contributed by atoms with E-state index in [1.165, 1.54) is 5.01 Å². The lowest BCUT2D eigenvalue weighted by Gasteiger charge is -2.23. The first-order valence-corrected chi connectivity index (χ1v) is 11.2. The van der Waals surface area contributed by atoms with Gasteiger partial charge in [-0.15, -0.1) is 12.4 Å². The van der Waals surface area contributed by atoms with Gasteiger partial charge in [0.25, 0.3) is 0 Å². The van der Waals surface area contributed by atoms with Crippen molar-refractivity contribution in [1.82, 2.24) is 9.99 Å². The Morgan fingerprint density at radius 2 is 1.90 bits per heavy atom. The summed E-state index contributed by atoms with van der Waals surface area (Å²) in [6.45, 7) is 2.59. The highest BCUT2D eigenvalue weighted by Gasteiger charge is 2.23. The molecule has 0 aliphatic rings. The number of amides is 1. The molecule has 8 heteroatoms. The summed E-state index contributed by atoms with van der Waals surface area (Å²) in [4.78, 5) is 27.2. The number of halogens is 1. The van der Waals surface area contributed by atoms with Crippen LogP contribution >= 0.6 is 23.7 Å². The number of carbonyl (C=O) groups excluding carboxylic acids is 1. The first-order chi connectivity index (χ1) is 14.5. The van der Waals surface area contributed by atoms with Gasteiger partial charge in [-0.05, 0) is 42.9 Å². The number of hydrogen-bond acceptors (Lipinski definition) is 5. The van der Waals surface area contributed by atoms with Crippen LogP contribution in [-0.2, 0) is 17.6 Å². The number of nitrogens with zero attached hydrogens (tertiary/aromatic N) is 1. The molecular weight excluding hydrogens is 434 g/mol. The lowest BCUT2D eigenvalue weighted by atomic mass is 9.93. The molecule has 31 heavy (non-hydrogen) atoms. The number of hydrazine groups is 1. The van der Waals surface area contributed by atoms with Crippen molar-refractivity contribution in [3.05, 3.63) is 63.3 Å². The number of aromatic amines is 1. The molecule has 0 aliphatic heterocycles. The Balaban J connectivity index is 0.00000341. The number of nitrogens with two attached hydrogens (primary N) is 1. The zero-order chi connectivity index (χ0) is 21.5. The van der Waals surface area contributed by atoms with E-state index in [-0.39, 0.29) is 34.9 Å². The molecule has 6 nitrogen and oxygen atoms in total. The lowest BCUT2D eigenvalue weighted by Crippen LogP contribution is -2.43. The molecule has 0 spiro atoms. The summed E-state index contributed by atoms with van der Waals surface area (Å²) in [5.74, 6) is 6.00. The van der Waals surface area contributed by atoms with E-state index in [1.54, 1.807) is 6.07 Å². The van der Waals surface area contributed by atoms with Crippen molar-refractivity contribution in [1.29, 1.82) is 0 Å². The highest BCUT2D eigenvalue weighted by atomic mass is 35.5. The Bertz CT molecular complexity index is 1040. The largest absolute Gasteiger partial charge is 0.506 e. The van der Waals surface area contributed by atoms with Gasteiger partial charge < -0.3 is 10.1 Å². The number of thiazole rings is 1. The van der Waals surface area contributed by atoms with E-state index in [9.17, 15) is 14.7 Å². The number of aromatic hydroxyl groups is 1. The van der Waals surface area contributed by atoms with Gasteiger partial charge in [0.1, 0.15) is 11.3 Å². The first-order valence-electron chi connectivity index (χ1n) is 10.4. The number of rotatable bonds is 10. The third kappa shape index (κ3) is 6.56. The second-order valence-corrected chi connectivity index (χ2v) is 8.59. The van der Waals surface area contributed by atoms with Gasteiger partial charge in [-0.1, -0.05) is 67.5 Å². The number of fused-ring (bicyclic) bond motifs is 1. The van der Waals surface area contributed by atoms with Gasteiger partial charge in [0.15, 0.2) is 0 Å². The molecule has 0 saturated carbocycles. The van der Waals surface area contributed by atoms with E-state index in [0.717, 1.165) is 52.8 Å². The normalized spacial score (nSPS) is 11.8. The minimum atomic E-state index is -0.194. The topological polar surface area (TPSA) is 99.4 Å². The fourth-order valence-electron chi connectivity index (χ4n) is 3.68. The molecule has 1 aromatic heterocycles. The molecule has 2 aromatic carbocycles. The smallest absolute Gasteiger partial charge is 0.305 e. The average Bonchev–Trinajstić information content (AvgIpc) is 3.16. The molecule has 4 N–H and O–H groups in total. The van der Waals surface area contributed by atoms with Crippen molar-refractivity contribution in [3.8, 4) is 5.75 Å². The molecule has 1 heterocycles. The minimum Gasteiger partial charge on any atom is -0.506 e. The molecule has 0 radical (unpaired) electrons. The Hall–Kier alpha value is -2.35. The molecule has 0 aliphatic carbocycles. The number of phenols is 1. The summed E-state index contributed by atoms with van der Waals surface area (Å²) in [6.07, 6.45) is 4.80. The summed E-state index contributed by atoms with van der Waals surface area (Å²) in [5.41, 5.74) is 2.59. The van der Waals surface area contributed by atoms with Crippen molar-refractivity contribution < 1.29 is 9.90 Å². The van der Waals surface area contributed by atoms with Crippen molar-refractivity contribution in [2.45, 2.75) is 45.4 Å². The number of nitrogens with one attached hydrogen (secondary N) is 1. The van der Waals surface area contributed by atoms with Crippen LogP contribution in [0.15, 0.2) is 47.3 Å². The Morgan fingerprint density at radius 3 is 2.61 bits per heavy atom. The maximum Gasteiger partial charge on any atom is 0.305 e. The molecule has 1 amide bonds. The molecule has 1 atom stereocenters. The van der Waals surface area contributed by atoms with E-state index in [2.05, 4.69) is 11.9 Å². The molecule has 1 unspecified atom stereocenters. The quantitative estimate of drug-likeness (QED) is 0.235. The predicted molar refractivity (Wildman–Crippen MR) is 129 cm³/mol. The van der Waals surface area contributed by atoms with E-state index < -0.39 is 0 Å². The summed E-state index contributed by atoms with van der Waals surface area (Å²) >= 11 is 1.09. The van der Waals surface area contributed by atoms with Crippen molar-refractivity contribution >= 4 is 39.9 Å². The van der Waals surface area contributed by atoms with Crippen LogP contribution in [-0.4, -0.2) is 27.6 Å². The number of hydrogen-bond donors (Lipinski definition) is 3. The second-order valence-electron chi connectivity index (χ2n) is 7.61. The van der Waals surface area contributed by atoms with Crippen molar-refractivity contribution in [2.75, 3.05) is 6.54 Å². The van der Waals surface area contributed by atoms with Crippen molar-refractivity contribution in [2.24, 2.45) is 11.8 Å². The van der Waals surface area contributed by atoms with Crippen LogP contribution < -0.4 is 10.7 Å². The van der Waals surface area contributed by atoms with Crippen LogP contribution in [0, 0.1) is 5.92 Å². The lowest BCUT2D eigenvalue weighted by molar-refractivity contribution is -0.136. The van der Waals surface area contributed by atoms with Crippen LogP contribution in [0.5, 0.6) is 5.75 Å². The van der Waals surface area contributed by atoms with E-state index in [1.807, 2.05) is 36.4 Å².